The van der Waals surface area contributed by atoms with E-state index in [9.17, 15) is 4.79 Å². The molecule has 0 N–H and O–H groups in total. The first-order valence-electron chi connectivity index (χ1n) is 8.93. The van der Waals surface area contributed by atoms with Gasteiger partial charge in [-0.25, -0.2) is 15.0 Å². The number of halogens is 2. The van der Waals surface area contributed by atoms with E-state index in [2.05, 4.69) is 15.0 Å². The van der Waals surface area contributed by atoms with E-state index in [4.69, 9.17) is 32.8 Å². The monoisotopic (exact) mass is 472 g/mol. The van der Waals surface area contributed by atoms with Crippen LogP contribution in [0.4, 0.5) is 5.13 Å². The van der Waals surface area contributed by atoms with Gasteiger partial charge in [0.1, 0.15) is 12.1 Å². The van der Waals surface area contributed by atoms with Crippen molar-refractivity contribution >= 4 is 45.6 Å². The lowest BCUT2D eigenvalue weighted by atomic mass is 10.3. The van der Waals surface area contributed by atoms with Crippen molar-refractivity contribution in [2.75, 3.05) is 5.06 Å². The molecule has 4 aromatic rings. The van der Waals surface area contributed by atoms with Crippen molar-refractivity contribution in [2.24, 2.45) is 0 Å². The van der Waals surface area contributed by atoms with E-state index in [-0.39, 0.29) is 11.4 Å². The zero-order valence-corrected chi connectivity index (χ0v) is 18.4. The Balaban J connectivity index is 1.68. The number of aryl methyl sites for hydroxylation is 1. The van der Waals surface area contributed by atoms with Crippen molar-refractivity contribution in [1.29, 1.82) is 0 Å². The van der Waals surface area contributed by atoms with E-state index in [0.717, 1.165) is 10.8 Å². The smallest absolute Gasteiger partial charge is 0.316 e. The van der Waals surface area contributed by atoms with Gasteiger partial charge in [-0.3, -0.25) is 4.79 Å². The molecule has 0 atom stereocenters. The summed E-state index contributed by atoms with van der Waals surface area (Å²) < 4.78 is 5.82. The Kier molecular flexibility index (Phi) is 6.31. The number of hydrogen-bond acceptors (Lipinski definition) is 7. The van der Waals surface area contributed by atoms with Crippen LogP contribution in [0.1, 0.15) is 16.2 Å². The fraction of sp³-hybridized carbons (Fsp3) is 0.0476. The number of amides is 1. The average Bonchev–Trinajstić information content (AvgIpc) is 3.21. The van der Waals surface area contributed by atoms with Gasteiger partial charge in [0.15, 0.2) is 17.2 Å². The normalized spacial score (nSPS) is 10.5. The first-order chi connectivity index (χ1) is 15.0. The van der Waals surface area contributed by atoms with Crippen LogP contribution in [0.15, 0.2) is 66.4 Å². The van der Waals surface area contributed by atoms with Gasteiger partial charge >= 0.3 is 5.91 Å². The van der Waals surface area contributed by atoms with Gasteiger partial charge in [-0.2, -0.15) is 0 Å². The molecule has 0 aliphatic heterocycles. The number of carbonyl (C=O) groups is 1. The van der Waals surface area contributed by atoms with Crippen molar-refractivity contribution in [3.8, 4) is 17.2 Å². The van der Waals surface area contributed by atoms with Gasteiger partial charge in [0.25, 0.3) is 0 Å². The van der Waals surface area contributed by atoms with E-state index < -0.39 is 5.91 Å². The van der Waals surface area contributed by atoms with Crippen LogP contribution >= 0.6 is 34.5 Å². The highest BCUT2D eigenvalue weighted by Gasteiger charge is 2.28. The van der Waals surface area contributed by atoms with Crippen LogP contribution in [0.5, 0.6) is 17.2 Å². The number of rotatable bonds is 6. The minimum atomic E-state index is -0.573. The van der Waals surface area contributed by atoms with Crippen molar-refractivity contribution in [3.63, 3.8) is 0 Å². The van der Waals surface area contributed by atoms with Gasteiger partial charge in [-0.15, -0.1) is 16.4 Å². The second kappa shape index (κ2) is 9.30. The molecule has 2 aromatic heterocycles. The van der Waals surface area contributed by atoms with E-state index in [1.54, 1.807) is 48.5 Å². The minimum absolute atomic E-state index is 0.00627. The SMILES string of the molecule is Cc1csc(N(Oc2ccc(Cl)cc2)C(=O)c2ncncc2Oc2ccc(Cl)cc2)n1. The molecule has 0 unspecified atom stereocenters. The minimum Gasteiger partial charge on any atom is -0.453 e. The Morgan fingerprint density at radius 3 is 2.26 bits per heavy atom. The van der Waals surface area contributed by atoms with E-state index in [1.807, 2.05) is 12.3 Å². The van der Waals surface area contributed by atoms with E-state index in [1.165, 1.54) is 23.9 Å². The molecular formula is C21H14Cl2N4O3S. The number of aromatic nitrogens is 3. The van der Waals surface area contributed by atoms with Crippen molar-refractivity contribution in [3.05, 3.63) is 87.9 Å². The Morgan fingerprint density at radius 1 is 1.00 bits per heavy atom. The Bertz CT molecular complexity index is 1200. The molecule has 0 radical (unpaired) electrons. The lowest BCUT2D eigenvalue weighted by molar-refractivity contribution is 0.0872. The van der Waals surface area contributed by atoms with Crippen LogP contribution in [0, 0.1) is 6.92 Å². The summed E-state index contributed by atoms with van der Waals surface area (Å²) in [5.41, 5.74) is 0.754. The molecule has 10 heteroatoms. The largest absolute Gasteiger partial charge is 0.453 e. The van der Waals surface area contributed by atoms with Gasteiger partial charge in [-0.05, 0) is 55.5 Å². The summed E-state index contributed by atoms with van der Waals surface area (Å²) >= 11 is 13.1. The van der Waals surface area contributed by atoms with Gasteiger partial charge in [0.2, 0.25) is 5.13 Å². The molecule has 2 heterocycles. The number of thiazole rings is 1. The number of nitrogens with zero attached hydrogens (tertiary/aromatic N) is 4. The summed E-state index contributed by atoms with van der Waals surface area (Å²) in [4.78, 5) is 31.7. The van der Waals surface area contributed by atoms with E-state index >= 15 is 0 Å². The van der Waals surface area contributed by atoms with Gasteiger partial charge in [-0.1, -0.05) is 23.2 Å². The van der Waals surface area contributed by atoms with Crippen LogP contribution in [-0.2, 0) is 0 Å². The lowest BCUT2D eigenvalue weighted by Crippen LogP contribution is -2.35. The molecule has 31 heavy (non-hydrogen) atoms. The van der Waals surface area contributed by atoms with Crippen molar-refractivity contribution in [2.45, 2.75) is 6.92 Å². The lowest BCUT2D eigenvalue weighted by Gasteiger charge is -2.20. The molecule has 156 valence electrons. The molecule has 0 aliphatic rings. The summed E-state index contributed by atoms with van der Waals surface area (Å²) in [5.74, 6) is 0.465. The Morgan fingerprint density at radius 2 is 1.65 bits per heavy atom. The van der Waals surface area contributed by atoms with Crippen LogP contribution < -0.4 is 14.6 Å². The van der Waals surface area contributed by atoms with Crippen LogP contribution in [0.25, 0.3) is 0 Å². The predicted octanol–water partition coefficient (Wildman–Crippen LogP) is 5.98. The van der Waals surface area contributed by atoms with Gasteiger partial charge in [0, 0.05) is 15.4 Å². The number of benzene rings is 2. The summed E-state index contributed by atoms with van der Waals surface area (Å²) in [6.07, 6.45) is 2.66. The molecule has 2 aromatic carbocycles. The number of carbonyl (C=O) groups excluding carboxylic acids is 1. The second-order valence-electron chi connectivity index (χ2n) is 6.21. The fourth-order valence-corrected chi connectivity index (χ4v) is 3.47. The quantitative estimate of drug-likeness (QED) is 0.321. The predicted molar refractivity (Wildman–Crippen MR) is 119 cm³/mol. The summed E-state index contributed by atoms with van der Waals surface area (Å²) in [7, 11) is 0. The van der Waals surface area contributed by atoms with Gasteiger partial charge < -0.3 is 9.57 Å². The molecule has 0 fully saturated rings. The highest BCUT2D eigenvalue weighted by molar-refractivity contribution is 7.14. The standard InChI is InChI=1S/C21H14Cl2N4O3S/c1-13-11-31-21(26-13)27(30-17-8-4-15(23)5-9-17)20(28)19-18(10-24-12-25-19)29-16-6-2-14(22)3-7-16/h2-12H,1H3. The third-order valence-corrected chi connectivity index (χ3v) is 5.33. The highest BCUT2D eigenvalue weighted by Crippen LogP contribution is 2.29. The van der Waals surface area contributed by atoms with E-state index in [0.29, 0.717) is 26.7 Å². The molecule has 0 bridgehead atoms. The van der Waals surface area contributed by atoms with Gasteiger partial charge in [0.05, 0.1) is 11.9 Å². The number of hydrogen-bond donors (Lipinski definition) is 0. The summed E-state index contributed by atoms with van der Waals surface area (Å²) in [6, 6.07) is 13.3. The van der Waals surface area contributed by atoms with Crippen molar-refractivity contribution < 1.29 is 14.4 Å². The summed E-state index contributed by atoms with van der Waals surface area (Å²) in [5, 5.41) is 4.33. The maximum Gasteiger partial charge on any atom is 0.316 e. The van der Waals surface area contributed by atoms with Crippen molar-refractivity contribution in [1.82, 2.24) is 15.0 Å². The zero-order valence-electron chi connectivity index (χ0n) is 16.0. The molecule has 0 aliphatic carbocycles. The third kappa shape index (κ3) is 5.11. The molecule has 4 rings (SSSR count). The molecule has 7 nitrogen and oxygen atoms in total. The zero-order chi connectivity index (χ0) is 21.8. The first-order valence-corrected chi connectivity index (χ1v) is 10.6. The molecule has 0 saturated carbocycles. The topological polar surface area (TPSA) is 77.4 Å². The van der Waals surface area contributed by atoms with Crippen LogP contribution in [0.3, 0.4) is 0 Å². The molecular weight excluding hydrogens is 459 g/mol. The first kappa shape index (κ1) is 21.0. The Hall–Kier alpha value is -3.20. The molecule has 0 saturated heterocycles. The third-order valence-electron chi connectivity index (χ3n) is 3.90. The second-order valence-corrected chi connectivity index (χ2v) is 7.92. The van der Waals surface area contributed by atoms with Crippen LogP contribution in [-0.4, -0.2) is 20.9 Å². The Labute approximate surface area is 191 Å². The summed E-state index contributed by atoms with van der Waals surface area (Å²) in [6.45, 7) is 1.82. The maximum absolute atomic E-state index is 13.4. The maximum atomic E-state index is 13.4. The number of hydroxylamine groups is 1. The molecule has 1 amide bonds. The average molecular weight is 473 g/mol. The molecule has 0 spiro atoms. The number of ether oxygens (including phenoxy) is 1. The number of anilines is 1. The van der Waals surface area contributed by atoms with Crippen LogP contribution in [0.2, 0.25) is 10.0 Å². The highest BCUT2D eigenvalue weighted by atomic mass is 35.5. The fourth-order valence-electron chi connectivity index (χ4n) is 2.48.